The van der Waals surface area contributed by atoms with E-state index in [1.807, 2.05) is 19.1 Å². The van der Waals surface area contributed by atoms with E-state index in [0.29, 0.717) is 28.3 Å². The molecule has 0 spiro atoms. The van der Waals surface area contributed by atoms with Crippen LogP contribution in [0.25, 0.3) is 11.6 Å². The summed E-state index contributed by atoms with van der Waals surface area (Å²) in [4.78, 5) is 24.5. The average molecular weight is 449 g/mol. The second-order valence-corrected chi connectivity index (χ2v) is 7.13. The third kappa shape index (κ3) is 6.74. The van der Waals surface area contributed by atoms with Gasteiger partial charge in [-0.05, 0) is 55.7 Å². The van der Waals surface area contributed by atoms with Gasteiger partial charge in [0.2, 0.25) is 0 Å². The van der Waals surface area contributed by atoms with Crippen LogP contribution in [0.4, 0.5) is 10.2 Å². The maximum Gasteiger partial charge on any atom is 0.188 e. The van der Waals surface area contributed by atoms with Gasteiger partial charge in [0, 0.05) is 23.0 Å². The van der Waals surface area contributed by atoms with Gasteiger partial charge in [0.25, 0.3) is 0 Å². The Labute approximate surface area is 193 Å². The Kier molecular flexibility index (Phi) is 9.30. The molecule has 0 unspecified atom stereocenters. The van der Waals surface area contributed by atoms with Gasteiger partial charge in [-0.1, -0.05) is 37.8 Å². The molecule has 2 aromatic heterocycles. The van der Waals surface area contributed by atoms with Crippen LogP contribution in [0.2, 0.25) is 0 Å². The predicted molar refractivity (Wildman–Crippen MR) is 134 cm³/mol. The van der Waals surface area contributed by atoms with Crippen molar-refractivity contribution in [1.82, 2.24) is 9.97 Å². The SMILES string of the molecule is C=C/C=C\c1[nH]c(C(N)=Nc2ccc(C(/C=C\C(F)=C\OC)=C/CC)cn2)c(C)c(=O)c1C. The predicted octanol–water partition coefficient (Wildman–Crippen LogP) is 5.43. The van der Waals surface area contributed by atoms with Crippen molar-refractivity contribution >= 4 is 23.3 Å². The minimum atomic E-state index is -0.494. The Morgan fingerprint density at radius 3 is 2.67 bits per heavy atom. The van der Waals surface area contributed by atoms with E-state index in [1.54, 1.807) is 50.4 Å². The fourth-order valence-electron chi connectivity index (χ4n) is 3.05. The summed E-state index contributed by atoms with van der Waals surface area (Å²) in [5.41, 5.74) is 9.86. The molecule has 0 aromatic carbocycles. The highest BCUT2D eigenvalue weighted by molar-refractivity contribution is 5.98. The van der Waals surface area contributed by atoms with Gasteiger partial charge in [0.05, 0.1) is 12.8 Å². The fraction of sp³-hybridized carbons (Fsp3) is 0.192. The number of rotatable bonds is 9. The van der Waals surface area contributed by atoms with Gasteiger partial charge < -0.3 is 15.5 Å². The molecule has 0 atom stereocenters. The molecule has 0 radical (unpaired) electrons. The molecule has 2 rings (SSSR count). The Balaban J connectivity index is 2.39. The number of amidine groups is 1. The number of aliphatic imine (C=N–C) groups is 1. The van der Waals surface area contributed by atoms with Gasteiger partial charge in [-0.3, -0.25) is 4.79 Å². The summed E-state index contributed by atoms with van der Waals surface area (Å²) in [7, 11) is 1.39. The second kappa shape index (κ2) is 12.1. The summed E-state index contributed by atoms with van der Waals surface area (Å²) in [6.07, 6.45) is 13.5. The summed E-state index contributed by atoms with van der Waals surface area (Å²) in [5, 5.41) is 0. The molecule has 0 saturated carbocycles. The number of pyridine rings is 2. The minimum Gasteiger partial charge on any atom is -0.501 e. The van der Waals surface area contributed by atoms with Gasteiger partial charge in [-0.25, -0.2) is 14.4 Å². The number of halogens is 1. The van der Waals surface area contributed by atoms with Crippen molar-refractivity contribution in [3.05, 3.63) is 106 Å². The number of methoxy groups -OCH3 is 1. The van der Waals surface area contributed by atoms with E-state index < -0.39 is 5.83 Å². The summed E-state index contributed by atoms with van der Waals surface area (Å²) in [6.45, 7) is 9.09. The van der Waals surface area contributed by atoms with Crippen LogP contribution >= 0.6 is 0 Å². The first-order valence-corrected chi connectivity index (χ1v) is 10.4. The first-order valence-electron chi connectivity index (χ1n) is 10.4. The van der Waals surface area contributed by atoms with Gasteiger partial charge in [-0.15, -0.1) is 0 Å². The molecule has 2 aromatic rings. The Morgan fingerprint density at radius 2 is 2.06 bits per heavy atom. The summed E-state index contributed by atoms with van der Waals surface area (Å²) in [5.74, 6) is 0.0332. The first kappa shape index (κ1) is 25.3. The largest absolute Gasteiger partial charge is 0.501 e. The van der Waals surface area contributed by atoms with Crippen LogP contribution in [0, 0.1) is 13.8 Å². The molecule has 0 aliphatic heterocycles. The normalized spacial score (nSPS) is 13.2. The number of aromatic nitrogens is 2. The van der Waals surface area contributed by atoms with E-state index in [2.05, 4.69) is 26.3 Å². The van der Waals surface area contributed by atoms with Crippen LogP contribution < -0.4 is 11.2 Å². The maximum atomic E-state index is 13.6. The maximum absolute atomic E-state index is 13.6. The number of nitrogens with zero attached hydrogens (tertiary/aromatic N) is 2. The number of aromatic amines is 1. The monoisotopic (exact) mass is 448 g/mol. The van der Waals surface area contributed by atoms with E-state index in [9.17, 15) is 9.18 Å². The van der Waals surface area contributed by atoms with Crippen molar-refractivity contribution in [2.45, 2.75) is 27.2 Å². The topological polar surface area (TPSA) is 93.4 Å². The molecular formula is C26H29FN4O2. The number of hydrogen-bond donors (Lipinski definition) is 2. The standard InChI is InChI=1S/C26H29FN4O2/c1-6-8-10-22-17(3)25(32)18(4)24(30-22)26(28)31-23-14-12-20(15-29-23)19(9-7-2)11-13-21(27)16-33-5/h6,8-16H,1,7H2,2-5H3,(H,30,32)(H2,28,29,31)/b10-8-,13-11-,19-9+,21-16-. The Bertz CT molecular complexity index is 1200. The van der Waals surface area contributed by atoms with Gasteiger partial charge in [0.1, 0.15) is 12.1 Å². The van der Waals surface area contributed by atoms with E-state index in [4.69, 9.17) is 5.73 Å². The quantitative estimate of drug-likeness (QED) is 0.231. The molecule has 0 saturated heterocycles. The lowest BCUT2D eigenvalue weighted by Crippen LogP contribution is -2.24. The average Bonchev–Trinajstić information content (AvgIpc) is 2.80. The highest BCUT2D eigenvalue weighted by Crippen LogP contribution is 2.20. The van der Waals surface area contributed by atoms with Crippen molar-refractivity contribution in [3.63, 3.8) is 0 Å². The molecule has 2 heterocycles. The minimum absolute atomic E-state index is 0.107. The molecule has 6 nitrogen and oxygen atoms in total. The summed E-state index contributed by atoms with van der Waals surface area (Å²) in [6, 6.07) is 3.53. The van der Waals surface area contributed by atoms with Gasteiger partial charge in [0.15, 0.2) is 17.1 Å². The zero-order chi connectivity index (χ0) is 24.4. The third-order valence-electron chi connectivity index (χ3n) is 4.77. The lowest BCUT2D eigenvalue weighted by atomic mass is 10.1. The molecule has 0 bridgehead atoms. The van der Waals surface area contributed by atoms with Crippen LogP contribution in [0.5, 0.6) is 0 Å². The number of H-pyrrole nitrogens is 1. The number of nitrogens with two attached hydrogens (primary N) is 1. The van der Waals surface area contributed by atoms with E-state index in [1.165, 1.54) is 13.2 Å². The molecule has 0 amide bonds. The first-order chi connectivity index (χ1) is 15.8. The highest BCUT2D eigenvalue weighted by Gasteiger charge is 2.12. The lowest BCUT2D eigenvalue weighted by Gasteiger charge is -2.10. The number of nitrogens with one attached hydrogen (secondary N) is 1. The zero-order valence-electron chi connectivity index (χ0n) is 19.4. The summed E-state index contributed by atoms with van der Waals surface area (Å²) >= 11 is 0. The van der Waals surface area contributed by atoms with E-state index in [-0.39, 0.29) is 11.3 Å². The lowest BCUT2D eigenvalue weighted by molar-refractivity contribution is 0.325. The Morgan fingerprint density at radius 1 is 1.30 bits per heavy atom. The van der Waals surface area contributed by atoms with Crippen LogP contribution in [0.3, 0.4) is 0 Å². The fourth-order valence-corrected chi connectivity index (χ4v) is 3.05. The number of hydrogen-bond acceptors (Lipinski definition) is 4. The van der Waals surface area contributed by atoms with Crippen LogP contribution in [0.15, 0.2) is 77.2 Å². The molecule has 33 heavy (non-hydrogen) atoms. The van der Waals surface area contributed by atoms with Crippen LogP contribution in [-0.2, 0) is 4.74 Å². The van der Waals surface area contributed by atoms with Crippen molar-refractivity contribution < 1.29 is 9.13 Å². The van der Waals surface area contributed by atoms with Gasteiger partial charge >= 0.3 is 0 Å². The molecule has 0 aliphatic carbocycles. The molecule has 7 heteroatoms. The zero-order valence-corrected chi connectivity index (χ0v) is 19.4. The Hall–Kier alpha value is -4.00. The highest BCUT2D eigenvalue weighted by atomic mass is 19.1. The van der Waals surface area contributed by atoms with Crippen molar-refractivity contribution in [2.75, 3.05) is 7.11 Å². The molecule has 172 valence electrons. The van der Waals surface area contributed by atoms with Crippen LogP contribution in [0.1, 0.15) is 41.4 Å². The van der Waals surface area contributed by atoms with E-state index in [0.717, 1.165) is 23.8 Å². The molecule has 3 N–H and O–H groups in total. The van der Waals surface area contributed by atoms with Crippen molar-refractivity contribution in [3.8, 4) is 0 Å². The molecule has 0 fully saturated rings. The smallest absolute Gasteiger partial charge is 0.188 e. The molecule has 0 aliphatic rings. The second-order valence-electron chi connectivity index (χ2n) is 7.13. The van der Waals surface area contributed by atoms with Crippen molar-refractivity contribution in [2.24, 2.45) is 10.7 Å². The summed E-state index contributed by atoms with van der Waals surface area (Å²) < 4.78 is 18.3. The third-order valence-corrected chi connectivity index (χ3v) is 4.77. The molecular weight excluding hydrogens is 419 g/mol. The van der Waals surface area contributed by atoms with E-state index >= 15 is 0 Å². The van der Waals surface area contributed by atoms with Crippen LogP contribution in [-0.4, -0.2) is 22.9 Å². The van der Waals surface area contributed by atoms with Gasteiger partial charge in [-0.2, -0.15) is 0 Å². The number of allylic oxidation sites excluding steroid dienone is 7. The number of ether oxygens (including phenoxy) is 1. The van der Waals surface area contributed by atoms with Crippen molar-refractivity contribution in [1.29, 1.82) is 0 Å².